The van der Waals surface area contributed by atoms with Gasteiger partial charge in [-0.3, -0.25) is 0 Å². The van der Waals surface area contributed by atoms with Crippen molar-refractivity contribution in [2.24, 2.45) is 0 Å². The topological polar surface area (TPSA) is 65.2 Å². The molecule has 0 saturated carbocycles. The molecule has 0 saturated heterocycles. The van der Waals surface area contributed by atoms with Crippen molar-refractivity contribution in [3.63, 3.8) is 0 Å². The van der Waals surface area contributed by atoms with Crippen LogP contribution in [0.1, 0.15) is 5.56 Å². The van der Waals surface area contributed by atoms with E-state index in [4.69, 9.17) is 9.15 Å². The van der Waals surface area contributed by atoms with Crippen molar-refractivity contribution < 1.29 is 13.9 Å². The molecule has 0 atom stereocenters. The summed E-state index contributed by atoms with van der Waals surface area (Å²) in [5, 5.41) is 8.17. The second-order valence-electron chi connectivity index (χ2n) is 4.83. The summed E-state index contributed by atoms with van der Waals surface area (Å²) in [5.74, 6) is 1.57. The van der Waals surface area contributed by atoms with Gasteiger partial charge in [0.1, 0.15) is 12.0 Å². The third-order valence-corrected chi connectivity index (χ3v) is 3.94. The lowest BCUT2D eigenvalue weighted by Crippen LogP contribution is -1.86. The first-order valence-electron chi connectivity index (χ1n) is 6.91. The number of halogens is 1. The van der Waals surface area contributed by atoms with Gasteiger partial charge >= 0.3 is 0 Å². The molecule has 3 rings (SSSR count). The van der Waals surface area contributed by atoms with Gasteiger partial charge in [-0.15, -0.1) is 10.2 Å². The van der Waals surface area contributed by atoms with E-state index in [1.54, 1.807) is 7.11 Å². The summed E-state index contributed by atoms with van der Waals surface area (Å²) in [6.07, 6.45) is 1.23. The molecule has 0 unspecified atom stereocenters. The van der Waals surface area contributed by atoms with E-state index in [0.717, 1.165) is 33.2 Å². The lowest BCUT2D eigenvalue weighted by molar-refractivity contribution is -0.107. The molecular weight excluding hydrogens is 360 g/mol. The molecule has 3 aromatic rings. The molecule has 1 heterocycles. The summed E-state index contributed by atoms with van der Waals surface area (Å²) in [6.45, 7) is 0. The van der Waals surface area contributed by atoms with Gasteiger partial charge in [-0.1, -0.05) is 12.1 Å². The van der Waals surface area contributed by atoms with Gasteiger partial charge in [0.2, 0.25) is 11.8 Å². The zero-order chi connectivity index (χ0) is 16.2. The first-order valence-corrected chi connectivity index (χ1v) is 7.71. The minimum atomic E-state index is 0.361. The summed E-state index contributed by atoms with van der Waals surface area (Å²) < 4.78 is 11.8. The lowest BCUT2D eigenvalue weighted by Gasteiger charge is -2.03. The predicted molar refractivity (Wildman–Crippen MR) is 89.2 cm³/mol. The minimum absolute atomic E-state index is 0.361. The maximum atomic E-state index is 10.6. The van der Waals surface area contributed by atoms with E-state index in [1.807, 2.05) is 42.5 Å². The Morgan fingerprint density at radius 2 is 1.87 bits per heavy atom. The highest BCUT2D eigenvalue weighted by Crippen LogP contribution is 2.31. The fourth-order valence-electron chi connectivity index (χ4n) is 2.18. The smallest absolute Gasteiger partial charge is 0.248 e. The van der Waals surface area contributed by atoms with Gasteiger partial charge in [-0.25, -0.2) is 0 Å². The Labute approximate surface area is 141 Å². The van der Waals surface area contributed by atoms with Gasteiger partial charge in [0.15, 0.2) is 0 Å². The highest BCUT2D eigenvalue weighted by molar-refractivity contribution is 9.10. The van der Waals surface area contributed by atoms with Gasteiger partial charge in [-0.2, -0.15) is 0 Å². The molecule has 1 aromatic heterocycles. The Bertz CT molecular complexity index is 845. The number of carbonyl (C=O) groups excluding carboxylic acids is 1. The SMILES string of the molecule is COc1ccc(-c2nnc(-c3cccc(CC=O)c3)o2)cc1Br. The molecule has 5 nitrogen and oxygen atoms in total. The van der Waals surface area contributed by atoms with Crippen LogP contribution in [0.25, 0.3) is 22.9 Å². The van der Waals surface area contributed by atoms with E-state index in [1.165, 1.54) is 0 Å². The zero-order valence-electron chi connectivity index (χ0n) is 12.3. The molecule has 0 aliphatic carbocycles. The monoisotopic (exact) mass is 372 g/mol. The molecule has 0 radical (unpaired) electrons. The fourth-order valence-corrected chi connectivity index (χ4v) is 2.72. The van der Waals surface area contributed by atoms with Crippen LogP contribution in [0.5, 0.6) is 5.75 Å². The number of ether oxygens (including phenoxy) is 1. The second-order valence-corrected chi connectivity index (χ2v) is 5.69. The summed E-state index contributed by atoms with van der Waals surface area (Å²) in [5.41, 5.74) is 2.49. The number of carbonyl (C=O) groups is 1. The van der Waals surface area contributed by atoms with Crippen LogP contribution < -0.4 is 4.74 Å². The van der Waals surface area contributed by atoms with Crippen molar-refractivity contribution in [3.05, 3.63) is 52.5 Å². The summed E-state index contributed by atoms with van der Waals surface area (Å²) >= 11 is 3.44. The first kappa shape index (κ1) is 15.4. The van der Waals surface area contributed by atoms with Crippen LogP contribution >= 0.6 is 15.9 Å². The maximum Gasteiger partial charge on any atom is 0.248 e. The van der Waals surface area contributed by atoms with Crippen LogP contribution in [0.3, 0.4) is 0 Å². The average Bonchev–Trinajstić information content (AvgIpc) is 3.05. The van der Waals surface area contributed by atoms with Crippen molar-refractivity contribution in [3.8, 4) is 28.7 Å². The zero-order valence-corrected chi connectivity index (χ0v) is 13.9. The van der Waals surface area contributed by atoms with Crippen LogP contribution in [-0.2, 0) is 11.2 Å². The lowest BCUT2D eigenvalue weighted by atomic mass is 10.1. The highest BCUT2D eigenvalue weighted by atomic mass is 79.9. The molecule has 0 N–H and O–H groups in total. The molecule has 0 aliphatic heterocycles. The second kappa shape index (κ2) is 6.75. The predicted octanol–water partition coefficient (Wildman–Crippen LogP) is 3.92. The molecule has 0 bridgehead atoms. The highest BCUT2D eigenvalue weighted by Gasteiger charge is 2.12. The first-order chi connectivity index (χ1) is 11.2. The van der Waals surface area contributed by atoms with Crippen LogP contribution in [0.15, 0.2) is 51.4 Å². The molecule has 0 spiro atoms. The van der Waals surface area contributed by atoms with Gasteiger partial charge in [-0.05, 0) is 51.8 Å². The summed E-state index contributed by atoms with van der Waals surface area (Å²) in [4.78, 5) is 10.6. The molecule has 23 heavy (non-hydrogen) atoms. The maximum absolute atomic E-state index is 10.6. The van der Waals surface area contributed by atoms with Crippen molar-refractivity contribution in [2.75, 3.05) is 7.11 Å². The van der Waals surface area contributed by atoms with Gasteiger partial charge in [0, 0.05) is 17.5 Å². The number of aldehydes is 1. The third-order valence-electron chi connectivity index (χ3n) is 3.32. The Morgan fingerprint density at radius 3 is 2.52 bits per heavy atom. The number of hydrogen-bond acceptors (Lipinski definition) is 5. The number of hydrogen-bond donors (Lipinski definition) is 0. The molecule has 0 fully saturated rings. The Hall–Kier alpha value is -2.47. The van der Waals surface area contributed by atoms with E-state index in [2.05, 4.69) is 26.1 Å². The Kier molecular flexibility index (Phi) is 4.52. The van der Waals surface area contributed by atoms with Gasteiger partial charge in [0.05, 0.1) is 11.6 Å². The van der Waals surface area contributed by atoms with E-state index < -0.39 is 0 Å². The number of benzene rings is 2. The molecule has 0 amide bonds. The molecule has 2 aromatic carbocycles. The van der Waals surface area contributed by atoms with Gasteiger partial charge < -0.3 is 13.9 Å². The van der Waals surface area contributed by atoms with E-state index in [0.29, 0.717) is 18.2 Å². The quantitative estimate of drug-likeness (QED) is 0.635. The normalized spacial score (nSPS) is 10.5. The summed E-state index contributed by atoms with van der Waals surface area (Å²) in [6, 6.07) is 13.0. The molecular formula is C17H13BrN2O3. The Morgan fingerprint density at radius 1 is 1.13 bits per heavy atom. The van der Waals surface area contributed by atoms with Crippen molar-refractivity contribution in [1.29, 1.82) is 0 Å². The van der Waals surface area contributed by atoms with Crippen LogP contribution in [0, 0.1) is 0 Å². The number of aromatic nitrogens is 2. The van der Waals surface area contributed by atoms with E-state index in [-0.39, 0.29) is 0 Å². The van der Waals surface area contributed by atoms with Crippen molar-refractivity contribution in [1.82, 2.24) is 10.2 Å². The van der Waals surface area contributed by atoms with Crippen LogP contribution in [0.4, 0.5) is 0 Å². The molecule has 0 aliphatic rings. The molecule has 116 valence electrons. The van der Waals surface area contributed by atoms with Gasteiger partial charge in [0.25, 0.3) is 0 Å². The van der Waals surface area contributed by atoms with Crippen LogP contribution in [-0.4, -0.2) is 23.6 Å². The fraction of sp³-hybridized carbons (Fsp3) is 0.118. The average molecular weight is 373 g/mol. The largest absolute Gasteiger partial charge is 0.496 e. The third kappa shape index (κ3) is 3.32. The van der Waals surface area contributed by atoms with Crippen LogP contribution in [0.2, 0.25) is 0 Å². The minimum Gasteiger partial charge on any atom is -0.496 e. The van der Waals surface area contributed by atoms with E-state index in [9.17, 15) is 4.79 Å². The number of methoxy groups -OCH3 is 1. The molecule has 6 heteroatoms. The number of rotatable bonds is 5. The van der Waals surface area contributed by atoms with E-state index >= 15 is 0 Å². The Balaban J connectivity index is 1.92. The van der Waals surface area contributed by atoms with Crippen molar-refractivity contribution in [2.45, 2.75) is 6.42 Å². The van der Waals surface area contributed by atoms with Crippen molar-refractivity contribution >= 4 is 22.2 Å². The summed E-state index contributed by atoms with van der Waals surface area (Å²) in [7, 11) is 1.61. The standard InChI is InChI=1S/C17H13BrN2O3/c1-22-15-6-5-13(10-14(15)18)17-20-19-16(23-17)12-4-2-3-11(9-12)7-8-21/h2-6,8-10H,7H2,1H3. The number of nitrogens with zero attached hydrogens (tertiary/aromatic N) is 2.